The summed E-state index contributed by atoms with van der Waals surface area (Å²) in [5.74, 6) is 1.05. The van der Waals surface area contributed by atoms with Crippen LogP contribution in [-0.2, 0) is 27.3 Å². The summed E-state index contributed by atoms with van der Waals surface area (Å²) in [5.41, 5.74) is 0.652. The Bertz CT molecular complexity index is 819. The van der Waals surface area contributed by atoms with Gasteiger partial charge < -0.3 is 18.5 Å². The highest BCUT2D eigenvalue weighted by Crippen LogP contribution is 2.59. The average molecular weight is 461 g/mol. The van der Waals surface area contributed by atoms with Crippen LogP contribution in [0.5, 0.6) is 11.5 Å². The molecule has 0 N–H and O–H groups in total. The van der Waals surface area contributed by atoms with Gasteiger partial charge in [0.05, 0.1) is 25.3 Å². The predicted molar refractivity (Wildman–Crippen MR) is 119 cm³/mol. The Balaban J connectivity index is 1.65. The molecular formula is C19H29N2O5PS2. The topological polar surface area (TPSA) is 60.5 Å². The minimum absolute atomic E-state index is 0.0707. The maximum Gasteiger partial charge on any atom is 0.426 e. The van der Waals surface area contributed by atoms with Gasteiger partial charge in [0.2, 0.25) is 0 Å². The molecule has 10 heteroatoms. The maximum atomic E-state index is 12.7. The van der Waals surface area contributed by atoms with E-state index in [1.54, 1.807) is 13.1 Å². The van der Waals surface area contributed by atoms with Gasteiger partial charge in [-0.2, -0.15) is 4.08 Å². The Morgan fingerprint density at radius 3 is 2.55 bits per heavy atom. The molecule has 3 rings (SSSR count). The number of ether oxygens (including phenoxy) is 2. The van der Waals surface area contributed by atoms with Crippen LogP contribution in [0.1, 0.15) is 40.2 Å². The molecule has 7 nitrogen and oxygen atoms in total. The first kappa shape index (κ1) is 22.8. The van der Waals surface area contributed by atoms with Crippen molar-refractivity contribution in [3.8, 4) is 11.5 Å². The summed E-state index contributed by atoms with van der Waals surface area (Å²) in [6.45, 7) is 9.08. The normalized spacial score (nSPS) is 21.3. The molecule has 162 valence electrons. The van der Waals surface area contributed by atoms with Gasteiger partial charge in [0.25, 0.3) is 6.64 Å². The minimum Gasteiger partial charge on any atom is -0.483 e. The molecule has 1 aromatic rings. The summed E-state index contributed by atoms with van der Waals surface area (Å²) >= 11 is 6.83. The van der Waals surface area contributed by atoms with Gasteiger partial charge in [-0.15, -0.1) is 0 Å². The number of rotatable bonds is 5. The van der Waals surface area contributed by atoms with Gasteiger partial charge in [-0.1, -0.05) is 32.9 Å². The quantitative estimate of drug-likeness (QED) is 0.449. The number of carbonyl (C=O) groups excluding carboxylic acids is 1. The monoisotopic (exact) mass is 460 g/mol. The molecule has 2 aliphatic heterocycles. The lowest BCUT2D eigenvalue weighted by Gasteiger charge is -2.41. The van der Waals surface area contributed by atoms with Crippen molar-refractivity contribution in [1.29, 1.82) is 0 Å². The van der Waals surface area contributed by atoms with Crippen molar-refractivity contribution in [3.05, 3.63) is 23.8 Å². The number of amides is 1. The minimum atomic E-state index is -2.65. The van der Waals surface area contributed by atoms with Gasteiger partial charge in [0, 0.05) is 31.0 Å². The van der Waals surface area contributed by atoms with Crippen molar-refractivity contribution in [2.75, 3.05) is 26.8 Å². The van der Waals surface area contributed by atoms with E-state index in [2.05, 4.69) is 13.8 Å². The zero-order valence-corrected chi connectivity index (χ0v) is 20.3. The lowest BCUT2D eigenvalue weighted by Crippen LogP contribution is -2.35. The molecule has 1 fully saturated rings. The molecular weight excluding hydrogens is 431 g/mol. The second kappa shape index (κ2) is 8.36. The van der Waals surface area contributed by atoms with Crippen molar-refractivity contribution in [2.24, 2.45) is 5.41 Å². The SMILES string of the molecule is CCN(SN(C)C(=O)Oc1cccc2c1OC(C)(C)C2)P1(=S)OCC(C)(C)CO1. The van der Waals surface area contributed by atoms with E-state index in [0.717, 1.165) is 24.1 Å². The highest BCUT2D eigenvalue weighted by molar-refractivity contribution is 8.15. The van der Waals surface area contributed by atoms with E-state index in [1.165, 1.54) is 4.31 Å². The third-order valence-corrected chi connectivity index (χ3v) is 9.49. The second-order valence-corrected chi connectivity index (χ2v) is 13.3. The molecule has 0 saturated carbocycles. The van der Waals surface area contributed by atoms with Crippen LogP contribution in [0, 0.1) is 5.41 Å². The Morgan fingerprint density at radius 2 is 1.93 bits per heavy atom. The highest BCUT2D eigenvalue weighted by Gasteiger charge is 2.39. The lowest BCUT2D eigenvalue weighted by atomic mass is 9.97. The summed E-state index contributed by atoms with van der Waals surface area (Å²) in [6.07, 6.45) is 0.254. The Labute approximate surface area is 182 Å². The molecule has 1 saturated heterocycles. The molecule has 1 aromatic carbocycles. The molecule has 0 bridgehead atoms. The number of para-hydroxylation sites is 1. The summed E-state index contributed by atoms with van der Waals surface area (Å²) < 4.78 is 26.7. The van der Waals surface area contributed by atoms with Crippen LogP contribution in [0.15, 0.2) is 18.2 Å². The zero-order valence-electron chi connectivity index (χ0n) is 17.8. The molecule has 1 amide bonds. The van der Waals surface area contributed by atoms with E-state index in [-0.39, 0.29) is 11.0 Å². The fraction of sp³-hybridized carbons (Fsp3) is 0.632. The first-order valence-electron chi connectivity index (χ1n) is 9.56. The maximum absolute atomic E-state index is 12.7. The molecule has 0 aromatic heterocycles. The van der Waals surface area contributed by atoms with Gasteiger partial charge >= 0.3 is 6.09 Å². The van der Waals surface area contributed by atoms with Crippen LogP contribution < -0.4 is 9.47 Å². The molecule has 0 spiro atoms. The summed E-state index contributed by atoms with van der Waals surface area (Å²) in [4.78, 5) is 12.7. The fourth-order valence-electron chi connectivity index (χ4n) is 3.00. The Kier molecular flexibility index (Phi) is 6.59. The molecule has 0 aliphatic carbocycles. The van der Waals surface area contributed by atoms with Gasteiger partial charge in [-0.25, -0.2) is 9.10 Å². The van der Waals surface area contributed by atoms with E-state index in [4.69, 9.17) is 30.3 Å². The van der Waals surface area contributed by atoms with E-state index in [0.29, 0.717) is 31.3 Å². The standard InChI is InChI=1S/C19H29N2O5PS2/c1-7-21(27(28)23-12-18(2,3)13-24-27)29-20(6)17(22)25-15-10-8-9-14-11-19(4,5)26-16(14)15/h8-10H,7,11-13H2,1-6H3. The first-order valence-corrected chi connectivity index (χ1v) is 12.9. The van der Waals surface area contributed by atoms with Crippen LogP contribution in [0.2, 0.25) is 0 Å². The zero-order chi connectivity index (χ0) is 21.4. The van der Waals surface area contributed by atoms with Crippen LogP contribution in [0.25, 0.3) is 0 Å². The van der Waals surface area contributed by atoms with Crippen molar-refractivity contribution in [2.45, 2.75) is 46.6 Å². The summed E-state index contributed by atoms with van der Waals surface area (Å²) in [6, 6.07) is 5.60. The van der Waals surface area contributed by atoms with Crippen LogP contribution in [0.3, 0.4) is 0 Å². The van der Waals surface area contributed by atoms with Crippen molar-refractivity contribution in [1.82, 2.24) is 8.38 Å². The van der Waals surface area contributed by atoms with Gasteiger partial charge in [0.15, 0.2) is 11.5 Å². The van der Waals surface area contributed by atoms with Crippen molar-refractivity contribution < 1.29 is 23.3 Å². The third-order valence-electron chi connectivity index (χ3n) is 4.51. The van der Waals surface area contributed by atoms with Crippen molar-refractivity contribution in [3.63, 3.8) is 0 Å². The van der Waals surface area contributed by atoms with Gasteiger partial charge in [0.1, 0.15) is 5.60 Å². The Hall–Kier alpha value is -0.830. The predicted octanol–water partition coefficient (Wildman–Crippen LogP) is 5.01. The number of hydrogen-bond donors (Lipinski definition) is 0. The van der Waals surface area contributed by atoms with Gasteiger partial charge in [-0.3, -0.25) is 0 Å². The first-order chi connectivity index (χ1) is 13.4. The molecule has 0 unspecified atom stereocenters. The third kappa shape index (κ3) is 5.27. The second-order valence-electron chi connectivity index (χ2n) is 8.58. The van der Waals surface area contributed by atoms with E-state index in [1.807, 2.05) is 37.0 Å². The molecule has 0 atom stereocenters. The fourth-order valence-corrected chi connectivity index (χ4v) is 7.10. The molecule has 2 aliphatic rings. The number of benzene rings is 1. The van der Waals surface area contributed by atoms with Crippen LogP contribution in [0.4, 0.5) is 4.79 Å². The van der Waals surface area contributed by atoms with Crippen molar-refractivity contribution >= 4 is 36.7 Å². The Morgan fingerprint density at radius 1 is 1.28 bits per heavy atom. The number of fused-ring (bicyclic) bond motifs is 1. The largest absolute Gasteiger partial charge is 0.483 e. The highest BCUT2D eigenvalue weighted by atomic mass is 32.5. The molecule has 0 radical (unpaired) electrons. The summed E-state index contributed by atoms with van der Waals surface area (Å²) in [5, 5.41) is 0. The van der Waals surface area contributed by atoms with E-state index in [9.17, 15) is 4.79 Å². The number of nitrogens with zero attached hydrogens (tertiary/aromatic N) is 2. The van der Waals surface area contributed by atoms with Crippen LogP contribution >= 0.6 is 18.8 Å². The van der Waals surface area contributed by atoms with Gasteiger partial charge in [-0.05, 0) is 31.7 Å². The van der Waals surface area contributed by atoms with E-state index < -0.39 is 12.7 Å². The van der Waals surface area contributed by atoms with E-state index >= 15 is 0 Å². The average Bonchev–Trinajstić information content (AvgIpc) is 2.97. The van der Waals surface area contributed by atoms with Crippen LogP contribution in [-0.4, -0.2) is 46.9 Å². The lowest BCUT2D eigenvalue weighted by molar-refractivity contribution is 0.0507. The molecule has 2 heterocycles. The number of hydrogen-bond acceptors (Lipinski definition) is 7. The summed E-state index contributed by atoms with van der Waals surface area (Å²) in [7, 11) is 1.64. The number of carbonyl (C=O) groups is 1. The smallest absolute Gasteiger partial charge is 0.426 e. The molecule has 29 heavy (non-hydrogen) atoms.